The Morgan fingerprint density at radius 2 is 1.74 bits per heavy atom. The second-order valence-corrected chi connectivity index (χ2v) is 6.43. The summed E-state index contributed by atoms with van der Waals surface area (Å²) in [7, 11) is 0. The number of hydrogen-bond acceptors (Lipinski definition) is 4. The van der Waals surface area contributed by atoms with Gasteiger partial charge in [-0.05, 0) is 49.2 Å². The molecule has 0 atom stereocenters. The van der Waals surface area contributed by atoms with Gasteiger partial charge in [0, 0.05) is 37.6 Å². The van der Waals surface area contributed by atoms with Gasteiger partial charge in [-0.1, -0.05) is 18.2 Å². The van der Waals surface area contributed by atoms with Crippen LogP contribution in [-0.4, -0.2) is 37.7 Å². The van der Waals surface area contributed by atoms with Gasteiger partial charge in [-0.3, -0.25) is 9.59 Å². The lowest BCUT2D eigenvalue weighted by molar-refractivity contribution is -0.118. The molecule has 0 bridgehead atoms. The Bertz CT molecular complexity index is 756. The van der Waals surface area contributed by atoms with Crippen LogP contribution in [0.3, 0.4) is 0 Å². The van der Waals surface area contributed by atoms with E-state index in [9.17, 15) is 9.59 Å². The number of carbonyl (C=O) groups excluding carboxylic acids is 2. The van der Waals surface area contributed by atoms with E-state index in [1.807, 2.05) is 35.2 Å². The van der Waals surface area contributed by atoms with Crippen molar-refractivity contribution in [2.24, 2.45) is 0 Å². The highest BCUT2D eigenvalue weighted by molar-refractivity contribution is 5.94. The summed E-state index contributed by atoms with van der Waals surface area (Å²) in [5, 5.41) is 2.80. The van der Waals surface area contributed by atoms with Gasteiger partial charge in [0.05, 0.1) is 0 Å². The fourth-order valence-electron chi connectivity index (χ4n) is 3.16. The van der Waals surface area contributed by atoms with Crippen LogP contribution >= 0.6 is 0 Å². The number of amides is 2. The molecule has 2 aromatic rings. The molecule has 0 saturated carbocycles. The topological polar surface area (TPSA) is 67.9 Å². The average Bonchev–Trinajstić information content (AvgIpc) is 2.69. The highest BCUT2D eigenvalue weighted by Gasteiger charge is 2.24. The summed E-state index contributed by atoms with van der Waals surface area (Å²) >= 11 is 0. The Morgan fingerprint density at radius 3 is 2.37 bits per heavy atom. The van der Waals surface area contributed by atoms with Crippen molar-refractivity contribution in [1.29, 1.82) is 0 Å². The Kier molecular flexibility index (Phi) is 6.44. The lowest BCUT2D eigenvalue weighted by atomic mass is 10.1. The molecule has 0 unspecified atom stereocenters. The molecule has 3 rings (SSSR count). The fourth-order valence-corrected chi connectivity index (χ4v) is 3.16. The number of rotatable bonds is 6. The molecule has 0 aliphatic carbocycles. The molecule has 1 heterocycles. The first-order valence-corrected chi connectivity index (χ1v) is 9.09. The first kappa shape index (κ1) is 18.9. The molecule has 1 N–H and O–H groups in total. The minimum absolute atomic E-state index is 0.00921. The van der Waals surface area contributed by atoms with Crippen molar-refractivity contribution in [3.8, 4) is 5.75 Å². The third-order valence-corrected chi connectivity index (χ3v) is 4.44. The highest BCUT2D eigenvalue weighted by atomic mass is 16.5. The first-order valence-electron chi connectivity index (χ1n) is 9.09. The van der Waals surface area contributed by atoms with Gasteiger partial charge in [0.15, 0.2) is 6.61 Å². The van der Waals surface area contributed by atoms with Gasteiger partial charge in [-0.15, -0.1) is 0 Å². The second kappa shape index (κ2) is 9.19. The molecule has 6 heteroatoms. The molecule has 6 nitrogen and oxygen atoms in total. The van der Waals surface area contributed by atoms with Gasteiger partial charge in [-0.25, -0.2) is 0 Å². The van der Waals surface area contributed by atoms with Gasteiger partial charge in [-0.2, -0.15) is 0 Å². The quantitative estimate of drug-likeness (QED) is 0.850. The smallest absolute Gasteiger partial charge is 0.262 e. The fraction of sp³-hybridized carbons (Fsp3) is 0.333. The van der Waals surface area contributed by atoms with E-state index in [1.165, 1.54) is 0 Å². The van der Waals surface area contributed by atoms with E-state index >= 15 is 0 Å². The zero-order valence-corrected chi connectivity index (χ0v) is 15.4. The van der Waals surface area contributed by atoms with E-state index in [0.717, 1.165) is 18.5 Å². The summed E-state index contributed by atoms with van der Waals surface area (Å²) in [4.78, 5) is 26.0. The third kappa shape index (κ3) is 5.31. The molecule has 0 radical (unpaired) electrons. The van der Waals surface area contributed by atoms with Crippen molar-refractivity contribution in [1.82, 2.24) is 0 Å². The van der Waals surface area contributed by atoms with E-state index in [0.29, 0.717) is 24.7 Å². The molecule has 0 spiro atoms. The van der Waals surface area contributed by atoms with Crippen molar-refractivity contribution in [2.75, 3.05) is 30.0 Å². The van der Waals surface area contributed by atoms with Crippen LogP contribution in [0.25, 0.3) is 0 Å². The Labute approximate surface area is 159 Å². The number of nitrogens with zero attached hydrogens (tertiary/aromatic N) is 1. The van der Waals surface area contributed by atoms with E-state index in [1.54, 1.807) is 31.2 Å². The van der Waals surface area contributed by atoms with Gasteiger partial charge < -0.3 is 19.7 Å². The summed E-state index contributed by atoms with van der Waals surface area (Å²) < 4.78 is 10.8. The maximum absolute atomic E-state index is 12.1. The molecule has 142 valence electrons. The SMILES string of the molecule is CC(=O)N(c1ccc(NC(=O)COc2ccccc2)cc1)C1CCOCC1. The van der Waals surface area contributed by atoms with E-state index in [-0.39, 0.29) is 24.5 Å². The lowest BCUT2D eigenvalue weighted by Crippen LogP contribution is -2.42. The number of carbonyl (C=O) groups is 2. The lowest BCUT2D eigenvalue weighted by Gasteiger charge is -2.33. The van der Waals surface area contributed by atoms with Crippen LogP contribution in [-0.2, 0) is 14.3 Å². The van der Waals surface area contributed by atoms with E-state index in [2.05, 4.69) is 5.32 Å². The summed E-state index contributed by atoms with van der Waals surface area (Å²) in [5.74, 6) is 0.422. The number of nitrogens with one attached hydrogen (secondary N) is 1. The van der Waals surface area contributed by atoms with Crippen molar-refractivity contribution in [3.05, 3.63) is 54.6 Å². The number of para-hydroxylation sites is 1. The van der Waals surface area contributed by atoms with Crippen LogP contribution in [0, 0.1) is 0 Å². The number of anilines is 2. The maximum Gasteiger partial charge on any atom is 0.262 e. The molecular weight excluding hydrogens is 344 g/mol. The largest absolute Gasteiger partial charge is 0.484 e. The van der Waals surface area contributed by atoms with Crippen LogP contribution in [0.15, 0.2) is 54.6 Å². The first-order chi connectivity index (χ1) is 13.1. The maximum atomic E-state index is 12.1. The standard InChI is InChI=1S/C21H24N2O4/c1-16(24)23(19-11-13-26-14-12-19)18-9-7-17(8-10-18)22-21(25)15-27-20-5-3-2-4-6-20/h2-10,19H,11-15H2,1H3,(H,22,25). The summed E-state index contributed by atoms with van der Waals surface area (Å²) in [6.07, 6.45) is 1.66. The molecule has 27 heavy (non-hydrogen) atoms. The van der Waals surface area contributed by atoms with Crippen molar-refractivity contribution in [2.45, 2.75) is 25.8 Å². The minimum Gasteiger partial charge on any atom is -0.484 e. The van der Waals surface area contributed by atoms with E-state index in [4.69, 9.17) is 9.47 Å². The minimum atomic E-state index is -0.237. The molecule has 1 aliphatic rings. The highest BCUT2D eigenvalue weighted by Crippen LogP contribution is 2.24. The summed E-state index contributed by atoms with van der Waals surface area (Å²) in [6, 6.07) is 16.6. The molecule has 2 amide bonds. The zero-order chi connectivity index (χ0) is 19.1. The molecule has 1 fully saturated rings. The van der Waals surface area contributed by atoms with Crippen molar-refractivity contribution < 1.29 is 19.1 Å². The zero-order valence-electron chi connectivity index (χ0n) is 15.4. The third-order valence-electron chi connectivity index (χ3n) is 4.44. The monoisotopic (exact) mass is 368 g/mol. The molecule has 2 aromatic carbocycles. The van der Waals surface area contributed by atoms with Gasteiger partial charge in [0.2, 0.25) is 5.91 Å². The van der Waals surface area contributed by atoms with E-state index < -0.39 is 0 Å². The Hall–Kier alpha value is -2.86. The second-order valence-electron chi connectivity index (χ2n) is 6.43. The van der Waals surface area contributed by atoms with Crippen LogP contribution in [0.4, 0.5) is 11.4 Å². The van der Waals surface area contributed by atoms with Crippen molar-refractivity contribution in [3.63, 3.8) is 0 Å². The Morgan fingerprint density at radius 1 is 1.07 bits per heavy atom. The predicted octanol–water partition coefficient (Wildman–Crippen LogP) is 3.24. The Balaban J connectivity index is 1.58. The molecule has 0 aromatic heterocycles. The van der Waals surface area contributed by atoms with Gasteiger partial charge in [0.1, 0.15) is 5.75 Å². The average molecular weight is 368 g/mol. The van der Waals surface area contributed by atoms with Crippen LogP contribution in [0.5, 0.6) is 5.75 Å². The van der Waals surface area contributed by atoms with Crippen LogP contribution < -0.4 is 15.0 Å². The summed E-state index contributed by atoms with van der Waals surface area (Å²) in [6.45, 7) is 2.85. The van der Waals surface area contributed by atoms with Gasteiger partial charge in [0.25, 0.3) is 5.91 Å². The molecule has 1 saturated heterocycles. The van der Waals surface area contributed by atoms with Gasteiger partial charge >= 0.3 is 0 Å². The molecule has 1 aliphatic heterocycles. The predicted molar refractivity (Wildman–Crippen MR) is 104 cm³/mol. The molecular formula is C21H24N2O4. The van der Waals surface area contributed by atoms with Crippen molar-refractivity contribution >= 4 is 23.2 Å². The van der Waals surface area contributed by atoms with Crippen LogP contribution in [0.2, 0.25) is 0 Å². The number of benzene rings is 2. The summed E-state index contributed by atoms with van der Waals surface area (Å²) in [5.41, 5.74) is 1.49. The van der Waals surface area contributed by atoms with Crippen LogP contribution in [0.1, 0.15) is 19.8 Å². The number of hydrogen-bond donors (Lipinski definition) is 1. The number of ether oxygens (including phenoxy) is 2. The normalized spacial score (nSPS) is 14.4.